The number of esters is 2. The Morgan fingerprint density at radius 2 is 0.680 bits per heavy atom. The number of aromatic hydroxyl groups is 2. The smallest absolute Gasteiger partial charge is 0.471 e. The molecular formula is C76H102F3N5O16. The van der Waals surface area contributed by atoms with E-state index in [1.807, 2.05) is 98.7 Å². The molecule has 5 aliphatic rings. The number of ether oxygens (including phenoxy) is 8. The maximum absolute atomic E-state index is 12.5. The quantitative estimate of drug-likeness (QED) is 0.0918. The Kier molecular flexibility index (Phi) is 30.0. The molecule has 0 saturated carbocycles. The first kappa shape index (κ1) is 80.0. The summed E-state index contributed by atoms with van der Waals surface area (Å²) in [6.45, 7) is 26.5. The van der Waals surface area contributed by atoms with Gasteiger partial charge in [0.15, 0.2) is 13.2 Å². The number of benzene rings is 5. The van der Waals surface area contributed by atoms with Crippen molar-refractivity contribution in [3.8, 4) is 28.7 Å². The molecule has 0 saturated heterocycles. The number of methoxy groups -OCH3 is 1. The summed E-state index contributed by atoms with van der Waals surface area (Å²) >= 11 is 0. The van der Waals surface area contributed by atoms with Crippen LogP contribution in [0.4, 0.5) is 27.6 Å². The second-order valence-corrected chi connectivity index (χ2v) is 27.5. The van der Waals surface area contributed by atoms with Gasteiger partial charge >= 0.3 is 42.3 Å². The average molecular weight is 1400 g/mol. The summed E-state index contributed by atoms with van der Waals surface area (Å²) in [5, 5.41) is 22.4. The lowest BCUT2D eigenvalue weighted by molar-refractivity contribution is -0.185. The summed E-state index contributed by atoms with van der Waals surface area (Å²) in [7, 11) is 1.72. The van der Waals surface area contributed by atoms with Crippen molar-refractivity contribution in [3.05, 3.63) is 147 Å². The minimum Gasteiger partial charge on any atom is -0.508 e. The van der Waals surface area contributed by atoms with Crippen molar-refractivity contribution in [1.29, 1.82) is 0 Å². The van der Waals surface area contributed by atoms with Gasteiger partial charge in [0.25, 0.3) is 0 Å². The monoisotopic (exact) mass is 1400 g/mol. The van der Waals surface area contributed by atoms with Gasteiger partial charge in [-0.2, -0.15) is 13.2 Å². The number of carbonyl (C=O) groups is 6. The van der Waals surface area contributed by atoms with Gasteiger partial charge in [-0.15, -0.1) is 0 Å². The minimum atomic E-state index is -4.86. The summed E-state index contributed by atoms with van der Waals surface area (Å²) in [4.78, 5) is 76.4. The van der Waals surface area contributed by atoms with Crippen molar-refractivity contribution in [2.24, 2.45) is 0 Å². The highest BCUT2D eigenvalue weighted by atomic mass is 19.4. The first-order chi connectivity index (χ1) is 47.2. The van der Waals surface area contributed by atoms with Gasteiger partial charge in [-0.3, -0.25) is 4.79 Å². The number of phenols is 2. The molecule has 5 heterocycles. The number of nitrogens with one attached hydrogen (secondary N) is 1. The standard InChI is InChI=1S/C19H27NO5.C16H18F3NO4.2C15H21NO3.C11H15NO/c1-5-23-17(21)13-24-16-7-6-14-8-10-20(11-9-15(14)12-16)18(22)25-19(2,3)4;1-2-23-14(21)10-24-13-4-3-11-5-7-20(8-6-12(11)9-13)15(22)16(17,18)19;2*1-15(2,3)19-14(18)16-8-6-11-4-5-13(17)10-12(11)7-9-16;1-13-11-3-2-9-4-6-12-7-5-10(9)8-11/h6-7,12H,5,8-11,13H2,1-4H3;3-4,9H,2,5-8,10H2,1H3;2*4-5,10,17H,6-9H2,1-3H3;2-3,8,12H,4-7H2,1H3. The van der Waals surface area contributed by atoms with E-state index in [1.54, 1.807) is 78.1 Å². The van der Waals surface area contributed by atoms with Crippen LogP contribution in [0.25, 0.3) is 0 Å². The zero-order valence-corrected chi connectivity index (χ0v) is 60.2. The van der Waals surface area contributed by atoms with Crippen molar-refractivity contribution in [2.45, 2.75) is 163 Å². The maximum atomic E-state index is 12.5. The molecule has 0 fully saturated rings. The van der Waals surface area contributed by atoms with Gasteiger partial charge in [0.05, 0.1) is 20.3 Å². The summed E-state index contributed by atoms with van der Waals surface area (Å²) in [5.74, 6) is -0.0680. The molecule has 5 aromatic carbocycles. The highest BCUT2D eigenvalue weighted by Gasteiger charge is 2.42. The van der Waals surface area contributed by atoms with Crippen LogP contribution in [-0.4, -0.2) is 188 Å². The zero-order chi connectivity index (χ0) is 73.4. The van der Waals surface area contributed by atoms with Crippen LogP contribution in [0, 0.1) is 0 Å². The lowest BCUT2D eigenvalue weighted by Gasteiger charge is -2.26. The Bertz CT molecular complexity index is 3450. The Balaban J connectivity index is 0.000000200. The lowest BCUT2D eigenvalue weighted by atomic mass is 10.0. The number of fused-ring (bicyclic) bond motifs is 5. The highest BCUT2D eigenvalue weighted by molar-refractivity contribution is 5.82. The van der Waals surface area contributed by atoms with Crippen molar-refractivity contribution >= 4 is 36.1 Å². The van der Waals surface area contributed by atoms with Crippen LogP contribution in [-0.2, 0) is 102 Å². The number of hydrogen-bond donors (Lipinski definition) is 3. The molecule has 0 bridgehead atoms. The normalized spacial score (nSPS) is 15.1. The maximum Gasteiger partial charge on any atom is 0.471 e. The van der Waals surface area contributed by atoms with Gasteiger partial charge in [0, 0.05) is 52.4 Å². The van der Waals surface area contributed by atoms with E-state index in [9.17, 15) is 52.2 Å². The largest absolute Gasteiger partial charge is 0.508 e. The average Bonchev–Trinajstić information content (AvgIpc) is 1.69. The van der Waals surface area contributed by atoms with Crippen molar-refractivity contribution in [2.75, 3.05) is 99.0 Å². The van der Waals surface area contributed by atoms with E-state index < -0.39 is 34.9 Å². The molecule has 100 heavy (non-hydrogen) atoms. The number of carbonyl (C=O) groups excluding carboxylic acids is 6. The lowest BCUT2D eigenvalue weighted by Crippen LogP contribution is -2.42. The summed E-state index contributed by atoms with van der Waals surface area (Å²) < 4.78 is 79.5. The fourth-order valence-electron chi connectivity index (χ4n) is 11.4. The molecule has 21 nitrogen and oxygen atoms in total. The minimum absolute atomic E-state index is 0.00727. The molecule has 0 aromatic heterocycles. The predicted molar refractivity (Wildman–Crippen MR) is 372 cm³/mol. The Morgan fingerprint density at radius 1 is 0.400 bits per heavy atom. The second kappa shape index (κ2) is 37.5. The molecule has 548 valence electrons. The molecule has 5 aliphatic heterocycles. The fourth-order valence-corrected chi connectivity index (χ4v) is 11.4. The molecule has 3 N–H and O–H groups in total. The van der Waals surface area contributed by atoms with E-state index in [0.717, 1.165) is 103 Å². The highest BCUT2D eigenvalue weighted by Crippen LogP contribution is 2.29. The van der Waals surface area contributed by atoms with E-state index in [1.165, 1.54) is 27.8 Å². The third kappa shape index (κ3) is 27.3. The van der Waals surface area contributed by atoms with Crippen LogP contribution in [0.15, 0.2) is 91.0 Å². The molecule has 24 heteroatoms. The van der Waals surface area contributed by atoms with E-state index in [2.05, 4.69) is 17.4 Å². The van der Waals surface area contributed by atoms with Crippen molar-refractivity contribution in [3.63, 3.8) is 0 Å². The van der Waals surface area contributed by atoms with Gasteiger partial charge in [0.1, 0.15) is 45.6 Å². The van der Waals surface area contributed by atoms with Gasteiger partial charge in [-0.1, -0.05) is 30.3 Å². The zero-order valence-electron chi connectivity index (χ0n) is 60.2. The van der Waals surface area contributed by atoms with Crippen LogP contribution in [0.1, 0.15) is 132 Å². The molecule has 0 atom stereocenters. The molecule has 5 aromatic rings. The van der Waals surface area contributed by atoms with Crippen molar-refractivity contribution < 1.29 is 90.0 Å². The van der Waals surface area contributed by atoms with Crippen LogP contribution >= 0.6 is 0 Å². The number of hydrogen-bond acceptors (Lipinski definition) is 17. The van der Waals surface area contributed by atoms with Crippen molar-refractivity contribution in [1.82, 2.24) is 24.9 Å². The Morgan fingerprint density at radius 3 is 1.01 bits per heavy atom. The van der Waals surface area contributed by atoms with E-state index >= 15 is 0 Å². The Hall–Kier alpha value is -8.93. The molecular weight excluding hydrogens is 1300 g/mol. The molecule has 4 amide bonds. The number of amides is 4. The molecule has 0 radical (unpaired) electrons. The molecule has 0 spiro atoms. The van der Waals surface area contributed by atoms with E-state index in [0.29, 0.717) is 70.2 Å². The first-order valence-corrected chi connectivity index (χ1v) is 34.3. The van der Waals surface area contributed by atoms with Crippen LogP contribution in [0.2, 0.25) is 0 Å². The van der Waals surface area contributed by atoms with Gasteiger partial charge in [0.2, 0.25) is 0 Å². The molecule has 0 aliphatic carbocycles. The number of phenolic OH excluding ortho intramolecular Hbond substituents is 2. The third-order valence-corrected chi connectivity index (χ3v) is 16.3. The van der Waals surface area contributed by atoms with E-state index in [4.69, 9.17) is 37.9 Å². The topological polar surface area (TPSA) is 242 Å². The summed E-state index contributed by atoms with van der Waals surface area (Å²) in [6, 6.07) is 28.1. The first-order valence-electron chi connectivity index (χ1n) is 34.3. The number of nitrogens with zero attached hydrogens (tertiary/aromatic N) is 4. The summed E-state index contributed by atoms with van der Waals surface area (Å²) in [6.07, 6.45) is 1.85. The van der Waals surface area contributed by atoms with Gasteiger partial charge in [-0.25, -0.2) is 24.0 Å². The predicted octanol–water partition coefficient (Wildman–Crippen LogP) is 11.9. The molecule has 10 rings (SSSR count). The van der Waals surface area contributed by atoms with Gasteiger partial charge in [-0.05, 0) is 270 Å². The number of halogens is 3. The van der Waals surface area contributed by atoms with E-state index in [-0.39, 0.29) is 68.7 Å². The summed E-state index contributed by atoms with van der Waals surface area (Å²) in [5.41, 5.74) is 10.1. The van der Waals surface area contributed by atoms with Gasteiger partial charge < -0.3 is 73.0 Å². The number of alkyl halides is 3. The number of rotatable bonds is 9. The SMILES string of the molecule is CC(C)(C)OC(=O)N1CCc2ccc(O)cc2CC1.CC(C)(C)OC(=O)N1CCc2ccc(O)cc2CC1.CCOC(=O)COc1ccc2c(c1)CCN(C(=O)C(F)(F)F)CC2.CCOC(=O)COc1ccc2c(c1)CCN(C(=O)OC(C)(C)C)CC2.COc1ccc2c(c1)CCNCC2. The Labute approximate surface area is 586 Å². The van der Waals surface area contributed by atoms with Crippen LogP contribution in [0.3, 0.4) is 0 Å². The van der Waals surface area contributed by atoms with Crippen LogP contribution in [0.5, 0.6) is 28.7 Å². The third-order valence-electron chi connectivity index (χ3n) is 16.3. The second-order valence-electron chi connectivity index (χ2n) is 27.5. The molecule has 0 unspecified atom stereocenters. The fraction of sp³-hybridized carbons (Fsp3) is 0.526. The van der Waals surface area contributed by atoms with Crippen LogP contribution < -0.4 is 19.5 Å².